The molecule has 2 aromatic carbocycles. The van der Waals surface area contributed by atoms with Gasteiger partial charge >= 0.3 is 0 Å². The lowest BCUT2D eigenvalue weighted by atomic mass is 10.1. The third-order valence-electron chi connectivity index (χ3n) is 4.98. The monoisotopic (exact) mass is 433 g/mol. The van der Waals surface area contributed by atoms with E-state index in [-0.39, 0.29) is 46.1 Å². The second kappa shape index (κ2) is 7.24. The van der Waals surface area contributed by atoms with Gasteiger partial charge in [0.1, 0.15) is 22.9 Å². The van der Waals surface area contributed by atoms with Crippen LogP contribution in [0.1, 0.15) is 46.8 Å². The molecule has 1 atom stereocenters. The Labute approximate surface area is 175 Å². The number of amides is 1. The molecule has 0 saturated carbocycles. The molecule has 0 aliphatic carbocycles. The summed E-state index contributed by atoms with van der Waals surface area (Å²) in [5.74, 6) is 1.06. The maximum atomic E-state index is 12.3. The van der Waals surface area contributed by atoms with E-state index in [1.807, 2.05) is 26.0 Å². The number of rotatable bonds is 6. The van der Waals surface area contributed by atoms with Crippen molar-refractivity contribution in [3.63, 3.8) is 0 Å². The zero-order valence-electron chi connectivity index (χ0n) is 15.6. The average Bonchev–Trinajstić information content (AvgIpc) is 3.29. The van der Waals surface area contributed by atoms with Gasteiger partial charge in [-0.05, 0) is 31.5 Å². The van der Waals surface area contributed by atoms with Crippen molar-refractivity contribution in [2.45, 2.75) is 32.9 Å². The largest absolute Gasteiger partial charge is 0.464 e. The van der Waals surface area contributed by atoms with Gasteiger partial charge in [0, 0.05) is 17.1 Å². The number of benzene rings is 1. The second-order valence-corrected chi connectivity index (χ2v) is 7.65. The number of anilines is 3. The molecule has 2 heterocycles. The van der Waals surface area contributed by atoms with Crippen LogP contribution in [0.2, 0.25) is 10.0 Å². The fourth-order valence-corrected chi connectivity index (χ4v) is 4.00. The summed E-state index contributed by atoms with van der Waals surface area (Å²) in [6, 6.07) is 4.87. The van der Waals surface area contributed by atoms with E-state index in [0.29, 0.717) is 22.8 Å². The van der Waals surface area contributed by atoms with Crippen molar-refractivity contribution < 1.29 is 9.21 Å². The van der Waals surface area contributed by atoms with Gasteiger partial charge < -0.3 is 20.4 Å². The first-order valence-electron chi connectivity index (χ1n) is 9.04. The number of aryl methyl sites for hydroxylation is 1. The van der Waals surface area contributed by atoms with Crippen molar-refractivity contribution in [3.05, 3.63) is 71.3 Å². The smallest absolute Gasteiger partial charge is 0.254 e. The number of carbonyl (C=O) groups is 1. The zero-order valence-corrected chi connectivity index (χ0v) is 17.1. The summed E-state index contributed by atoms with van der Waals surface area (Å²) in [5.41, 5.74) is -0.0175. The van der Waals surface area contributed by atoms with E-state index in [4.69, 9.17) is 27.6 Å². The molecule has 3 N–H and O–H groups in total. The molecule has 1 unspecified atom stereocenters. The van der Waals surface area contributed by atoms with Crippen molar-refractivity contribution in [2.24, 2.45) is 0 Å². The van der Waals surface area contributed by atoms with Crippen LogP contribution in [0.5, 0.6) is 0 Å². The highest BCUT2D eigenvalue weighted by atomic mass is 35.5. The fourth-order valence-electron chi connectivity index (χ4n) is 3.43. The molecule has 3 aromatic rings. The van der Waals surface area contributed by atoms with Crippen LogP contribution in [-0.2, 0) is 6.54 Å². The highest BCUT2D eigenvalue weighted by molar-refractivity contribution is 6.38. The Morgan fingerprint density at radius 1 is 1.10 bits per heavy atom. The van der Waals surface area contributed by atoms with Gasteiger partial charge in [0.05, 0.1) is 22.3 Å². The molecule has 1 aromatic heterocycles. The SMILES string of the molecule is CCC(Nc1c(Nc2c(Cl)cc(Cl)c3c2C(=O)NC3)c(=O)c1=O)c1ccc(C)o1. The van der Waals surface area contributed by atoms with Gasteiger partial charge in [-0.1, -0.05) is 30.1 Å². The van der Waals surface area contributed by atoms with Crippen LogP contribution in [0.25, 0.3) is 0 Å². The molecule has 150 valence electrons. The quantitative estimate of drug-likeness (QED) is 0.507. The summed E-state index contributed by atoms with van der Waals surface area (Å²) in [6.07, 6.45) is 0.630. The highest BCUT2D eigenvalue weighted by Gasteiger charge is 2.31. The van der Waals surface area contributed by atoms with Crippen molar-refractivity contribution in [2.75, 3.05) is 10.6 Å². The van der Waals surface area contributed by atoms with Crippen LogP contribution in [-0.4, -0.2) is 5.91 Å². The number of halogens is 2. The van der Waals surface area contributed by atoms with E-state index in [1.54, 1.807) is 0 Å². The summed E-state index contributed by atoms with van der Waals surface area (Å²) in [6.45, 7) is 4.03. The van der Waals surface area contributed by atoms with Crippen molar-refractivity contribution >= 4 is 46.2 Å². The topological polar surface area (TPSA) is 100 Å². The molecule has 0 bridgehead atoms. The van der Waals surface area contributed by atoms with Gasteiger partial charge in [-0.3, -0.25) is 14.4 Å². The number of carbonyl (C=O) groups excluding carboxylic acids is 1. The number of hydrogen-bond donors (Lipinski definition) is 3. The normalized spacial score (nSPS) is 14.0. The maximum Gasteiger partial charge on any atom is 0.254 e. The summed E-state index contributed by atoms with van der Waals surface area (Å²) in [5, 5.41) is 9.18. The second-order valence-electron chi connectivity index (χ2n) is 6.84. The predicted octanol–water partition coefficient (Wildman–Crippen LogP) is 4.04. The minimum atomic E-state index is -0.684. The van der Waals surface area contributed by atoms with E-state index < -0.39 is 10.9 Å². The maximum absolute atomic E-state index is 12.3. The Hall–Kier alpha value is -2.77. The molecule has 7 nitrogen and oxygen atoms in total. The van der Waals surface area contributed by atoms with E-state index in [9.17, 15) is 14.4 Å². The molecule has 4 rings (SSSR count). The molecular weight excluding hydrogens is 417 g/mol. The van der Waals surface area contributed by atoms with Gasteiger partial charge in [0.25, 0.3) is 16.8 Å². The van der Waals surface area contributed by atoms with Gasteiger partial charge in [-0.2, -0.15) is 0 Å². The van der Waals surface area contributed by atoms with Crippen LogP contribution in [0.4, 0.5) is 17.1 Å². The molecule has 1 amide bonds. The van der Waals surface area contributed by atoms with E-state index in [1.165, 1.54) is 6.07 Å². The summed E-state index contributed by atoms with van der Waals surface area (Å²) >= 11 is 12.5. The van der Waals surface area contributed by atoms with E-state index >= 15 is 0 Å². The molecule has 0 fully saturated rings. The molecule has 1 aliphatic rings. The summed E-state index contributed by atoms with van der Waals surface area (Å²) < 4.78 is 5.64. The van der Waals surface area contributed by atoms with Crippen molar-refractivity contribution in [1.29, 1.82) is 0 Å². The van der Waals surface area contributed by atoms with Crippen molar-refractivity contribution in [1.82, 2.24) is 5.32 Å². The Bertz CT molecular complexity index is 1210. The standard InChI is InChI=1S/C20H17Cl2N3O4/c1-3-12(13-5-4-8(2)29-13)24-16-17(19(27)18(16)26)25-15-11(22)6-10(21)9-7-23-20(28)14(9)15/h4-6,12,24-25H,3,7H2,1-2H3,(H,23,28). The third-order valence-corrected chi connectivity index (χ3v) is 5.61. The average molecular weight is 434 g/mol. The number of furan rings is 1. The molecule has 0 saturated heterocycles. The van der Waals surface area contributed by atoms with Gasteiger partial charge in [0.2, 0.25) is 0 Å². The first-order chi connectivity index (χ1) is 13.8. The minimum absolute atomic E-state index is 0.0582. The van der Waals surface area contributed by atoms with Crippen LogP contribution in [0.3, 0.4) is 0 Å². The van der Waals surface area contributed by atoms with Crippen LogP contribution in [0, 0.1) is 6.92 Å². The first-order valence-corrected chi connectivity index (χ1v) is 9.79. The van der Waals surface area contributed by atoms with Gasteiger partial charge in [0.15, 0.2) is 0 Å². The molecule has 1 aliphatic heterocycles. The Kier molecular flexibility index (Phi) is 4.88. The third kappa shape index (κ3) is 3.20. The molecule has 9 heteroatoms. The van der Waals surface area contributed by atoms with Gasteiger partial charge in [-0.25, -0.2) is 0 Å². The van der Waals surface area contributed by atoms with E-state index in [2.05, 4.69) is 16.0 Å². The van der Waals surface area contributed by atoms with Crippen LogP contribution in [0.15, 0.2) is 32.2 Å². The van der Waals surface area contributed by atoms with Crippen molar-refractivity contribution in [3.8, 4) is 0 Å². The Balaban J connectivity index is 1.70. The molecule has 0 radical (unpaired) electrons. The molecule has 29 heavy (non-hydrogen) atoms. The number of hydrogen-bond acceptors (Lipinski definition) is 6. The predicted molar refractivity (Wildman–Crippen MR) is 112 cm³/mol. The lowest BCUT2D eigenvalue weighted by Gasteiger charge is -2.21. The number of fused-ring (bicyclic) bond motifs is 1. The lowest BCUT2D eigenvalue weighted by Crippen LogP contribution is -2.37. The summed E-state index contributed by atoms with van der Waals surface area (Å²) in [7, 11) is 0. The Morgan fingerprint density at radius 3 is 2.48 bits per heavy atom. The number of nitrogens with one attached hydrogen (secondary N) is 3. The lowest BCUT2D eigenvalue weighted by molar-refractivity contribution is 0.0966. The van der Waals surface area contributed by atoms with Gasteiger partial charge in [-0.15, -0.1) is 0 Å². The molecular formula is C20H17Cl2N3O4. The van der Waals surface area contributed by atoms with Crippen LogP contribution >= 0.6 is 23.2 Å². The van der Waals surface area contributed by atoms with Crippen LogP contribution < -0.4 is 26.8 Å². The summed E-state index contributed by atoms with van der Waals surface area (Å²) in [4.78, 5) is 36.7. The first kappa shape index (κ1) is 19.5. The molecule has 0 spiro atoms. The Morgan fingerprint density at radius 2 is 1.83 bits per heavy atom. The fraction of sp³-hybridized carbons (Fsp3) is 0.250. The highest BCUT2D eigenvalue weighted by Crippen LogP contribution is 2.39. The minimum Gasteiger partial charge on any atom is -0.464 e. The zero-order chi connectivity index (χ0) is 20.9. The van der Waals surface area contributed by atoms with E-state index in [0.717, 1.165) is 5.76 Å².